The molecule has 1 rings (SSSR count). The summed E-state index contributed by atoms with van der Waals surface area (Å²) < 4.78 is 0. The van der Waals surface area contributed by atoms with Crippen LogP contribution >= 0.6 is 0 Å². The second-order valence-electron chi connectivity index (χ2n) is 3.46. The van der Waals surface area contributed by atoms with Gasteiger partial charge in [-0.2, -0.15) is 0 Å². The Labute approximate surface area is 65.0 Å². The fourth-order valence-corrected chi connectivity index (χ4v) is 1.85. The molecule has 0 aliphatic heterocycles. The minimum absolute atomic E-state index is 1.05. The van der Waals surface area contributed by atoms with Crippen LogP contribution in [-0.4, -0.2) is 0 Å². The summed E-state index contributed by atoms with van der Waals surface area (Å²) in [5, 5.41) is 0. The van der Waals surface area contributed by atoms with Gasteiger partial charge in [-0.15, -0.1) is 0 Å². The molecule has 0 amide bonds. The van der Waals surface area contributed by atoms with Crippen LogP contribution in [0.5, 0.6) is 0 Å². The van der Waals surface area contributed by atoms with E-state index in [0.717, 1.165) is 5.92 Å². The van der Waals surface area contributed by atoms with Gasteiger partial charge in [0.1, 0.15) is 0 Å². The smallest absolute Gasteiger partial charge is 0.0243 e. The summed E-state index contributed by atoms with van der Waals surface area (Å²) in [5.74, 6) is 2.86. The molecule has 0 unspecified atom stereocenters. The monoisotopic (exact) mass is 139 g/mol. The summed E-state index contributed by atoms with van der Waals surface area (Å²) in [6.07, 6.45) is 8.52. The molecule has 0 N–H and O–H groups in total. The van der Waals surface area contributed by atoms with Gasteiger partial charge in [0.25, 0.3) is 0 Å². The first-order valence-corrected chi connectivity index (χ1v) is 4.70. The summed E-state index contributed by atoms with van der Waals surface area (Å²) in [6.45, 7) is 4.61. The van der Waals surface area contributed by atoms with Gasteiger partial charge in [-0.1, -0.05) is 20.3 Å². The topological polar surface area (TPSA) is 0 Å². The van der Waals surface area contributed by atoms with Crippen molar-refractivity contribution in [1.82, 2.24) is 0 Å². The van der Waals surface area contributed by atoms with E-state index in [1.54, 1.807) is 0 Å². The first kappa shape index (κ1) is 8.10. The predicted molar refractivity (Wildman–Crippen MR) is 45.8 cm³/mol. The lowest BCUT2D eigenvalue weighted by Crippen LogP contribution is -2.11. The van der Waals surface area contributed by atoms with E-state index in [4.69, 9.17) is 0 Å². The highest BCUT2D eigenvalue weighted by Crippen LogP contribution is 2.33. The van der Waals surface area contributed by atoms with Crippen LogP contribution in [-0.2, 0) is 0 Å². The molecule has 1 radical (unpaired) electrons. The van der Waals surface area contributed by atoms with E-state index in [0.29, 0.717) is 0 Å². The van der Waals surface area contributed by atoms with Gasteiger partial charge in [-0.25, -0.2) is 0 Å². The minimum atomic E-state index is 1.05. The summed E-state index contributed by atoms with van der Waals surface area (Å²) in [4.78, 5) is 0. The zero-order chi connectivity index (χ0) is 7.40. The van der Waals surface area contributed by atoms with Crippen LogP contribution in [0.1, 0.15) is 52.4 Å². The van der Waals surface area contributed by atoms with Crippen LogP contribution in [0.4, 0.5) is 0 Å². The molecule has 1 aliphatic rings. The lowest BCUT2D eigenvalue weighted by Gasteiger charge is -2.26. The molecule has 0 heterocycles. The third-order valence-electron chi connectivity index (χ3n) is 2.89. The average molecular weight is 139 g/mol. The molecule has 0 aromatic carbocycles. The van der Waals surface area contributed by atoms with Crippen molar-refractivity contribution in [3.05, 3.63) is 5.92 Å². The Morgan fingerprint density at radius 3 is 2.20 bits per heavy atom. The maximum Gasteiger partial charge on any atom is -0.0243 e. The molecule has 0 spiro atoms. The molecule has 0 atom stereocenters. The van der Waals surface area contributed by atoms with Crippen molar-refractivity contribution < 1.29 is 0 Å². The van der Waals surface area contributed by atoms with Gasteiger partial charge in [-0.05, 0) is 43.9 Å². The maximum atomic E-state index is 2.32. The Hall–Kier alpha value is 0. The standard InChI is InChI=1S/C10H19/c1-3-9-5-7-10(4-2)8-6-9/h9H,3-8H2,1-2H3. The minimum Gasteiger partial charge on any atom is -0.0651 e. The Bertz CT molecular complexity index is 66.0. The predicted octanol–water partition coefficient (Wildman–Crippen LogP) is 3.57. The summed E-state index contributed by atoms with van der Waals surface area (Å²) in [7, 11) is 0. The third kappa shape index (κ3) is 2.00. The molecule has 0 aromatic rings. The van der Waals surface area contributed by atoms with Gasteiger partial charge in [0, 0.05) is 0 Å². The van der Waals surface area contributed by atoms with Gasteiger partial charge in [-0.3, -0.25) is 0 Å². The highest BCUT2D eigenvalue weighted by atomic mass is 14.2. The molecule has 1 fully saturated rings. The van der Waals surface area contributed by atoms with Crippen molar-refractivity contribution in [2.75, 3.05) is 0 Å². The van der Waals surface area contributed by atoms with Crippen LogP contribution in [0, 0.1) is 11.8 Å². The van der Waals surface area contributed by atoms with E-state index in [1.165, 1.54) is 38.5 Å². The van der Waals surface area contributed by atoms with Crippen LogP contribution in [0.15, 0.2) is 0 Å². The van der Waals surface area contributed by atoms with Gasteiger partial charge < -0.3 is 0 Å². The van der Waals surface area contributed by atoms with Gasteiger partial charge in [0.15, 0.2) is 0 Å². The second kappa shape index (κ2) is 4.00. The van der Waals surface area contributed by atoms with Gasteiger partial charge in [0.2, 0.25) is 0 Å². The molecule has 10 heavy (non-hydrogen) atoms. The van der Waals surface area contributed by atoms with Crippen LogP contribution in [0.25, 0.3) is 0 Å². The number of rotatable bonds is 2. The Kier molecular flexibility index (Phi) is 3.24. The number of hydrogen-bond donors (Lipinski definition) is 0. The average Bonchev–Trinajstić information content (AvgIpc) is 2.05. The summed E-state index contributed by atoms with van der Waals surface area (Å²) in [6, 6.07) is 0. The molecule has 59 valence electrons. The molecule has 1 aliphatic carbocycles. The van der Waals surface area contributed by atoms with Crippen molar-refractivity contribution in [2.45, 2.75) is 52.4 Å². The molecule has 0 saturated heterocycles. The Morgan fingerprint density at radius 1 is 1.20 bits per heavy atom. The molecular formula is C10H19. The quantitative estimate of drug-likeness (QED) is 0.548. The zero-order valence-corrected chi connectivity index (χ0v) is 7.32. The normalized spacial score (nSPS) is 23.4. The molecule has 1 saturated carbocycles. The van der Waals surface area contributed by atoms with Crippen molar-refractivity contribution in [1.29, 1.82) is 0 Å². The highest BCUT2D eigenvalue weighted by molar-refractivity contribution is 4.92. The molecule has 0 nitrogen and oxygen atoms in total. The molecular weight excluding hydrogens is 120 g/mol. The summed E-state index contributed by atoms with van der Waals surface area (Å²) >= 11 is 0. The van der Waals surface area contributed by atoms with E-state index in [1.807, 2.05) is 5.92 Å². The molecule has 0 aromatic heterocycles. The van der Waals surface area contributed by atoms with E-state index in [-0.39, 0.29) is 0 Å². The fraction of sp³-hybridized carbons (Fsp3) is 0.900. The lowest BCUT2D eigenvalue weighted by molar-refractivity contribution is 0.361. The van der Waals surface area contributed by atoms with Crippen molar-refractivity contribution in [3.63, 3.8) is 0 Å². The number of hydrogen-bond acceptors (Lipinski definition) is 0. The van der Waals surface area contributed by atoms with E-state index in [2.05, 4.69) is 13.8 Å². The zero-order valence-electron chi connectivity index (χ0n) is 7.32. The fourth-order valence-electron chi connectivity index (χ4n) is 1.85. The van der Waals surface area contributed by atoms with Crippen molar-refractivity contribution in [3.8, 4) is 0 Å². The largest absolute Gasteiger partial charge is 0.0651 e. The van der Waals surface area contributed by atoms with Crippen LogP contribution < -0.4 is 0 Å². The highest BCUT2D eigenvalue weighted by Gasteiger charge is 2.18. The van der Waals surface area contributed by atoms with Crippen molar-refractivity contribution >= 4 is 0 Å². The summed E-state index contributed by atoms with van der Waals surface area (Å²) in [5.41, 5.74) is 0. The maximum absolute atomic E-state index is 2.32. The van der Waals surface area contributed by atoms with E-state index in [9.17, 15) is 0 Å². The van der Waals surface area contributed by atoms with Crippen LogP contribution in [0.3, 0.4) is 0 Å². The van der Waals surface area contributed by atoms with Crippen molar-refractivity contribution in [2.24, 2.45) is 5.92 Å². The first-order valence-electron chi connectivity index (χ1n) is 4.70. The Morgan fingerprint density at radius 2 is 1.80 bits per heavy atom. The van der Waals surface area contributed by atoms with E-state index < -0.39 is 0 Å². The van der Waals surface area contributed by atoms with Crippen LogP contribution in [0.2, 0.25) is 0 Å². The molecule has 0 heteroatoms. The van der Waals surface area contributed by atoms with E-state index >= 15 is 0 Å². The lowest BCUT2D eigenvalue weighted by atomic mass is 9.80. The SMILES string of the molecule is CC[C]1CCC(CC)CC1. The van der Waals surface area contributed by atoms with Gasteiger partial charge >= 0.3 is 0 Å². The second-order valence-corrected chi connectivity index (χ2v) is 3.46. The Balaban J connectivity index is 2.17. The first-order chi connectivity index (χ1) is 4.86. The van der Waals surface area contributed by atoms with Gasteiger partial charge in [0.05, 0.1) is 0 Å². The third-order valence-corrected chi connectivity index (χ3v) is 2.89. The molecule has 0 bridgehead atoms.